The predicted octanol–water partition coefficient (Wildman–Crippen LogP) is 1.66. The maximum Gasteiger partial charge on any atom is 0.241 e. The number of likely N-dealkylation sites (N-methyl/N-ethyl adjacent to an activating group) is 1. The molecule has 4 nitrogen and oxygen atoms in total. The average Bonchev–Trinajstić information content (AvgIpc) is 3.16. The number of carbonyl (C=O) groups excluding carboxylic acids is 1. The van der Waals surface area contributed by atoms with Gasteiger partial charge in [-0.15, -0.1) is 0 Å². The van der Waals surface area contributed by atoms with Crippen molar-refractivity contribution in [1.82, 2.24) is 15.1 Å². The summed E-state index contributed by atoms with van der Waals surface area (Å²) in [4.78, 5) is 16.9. The Hall–Kier alpha value is -0.610. The van der Waals surface area contributed by atoms with E-state index in [9.17, 15) is 4.79 Å². The summed E-state index contributed by atoms with van der Waals surface area (Å²) in [5.41, 5.74) is 0. The Bertz CT molecular complexity index is 327. The molecule has 0 bridgehead atoms. The monoisotopic (exact) mass is 267 g/mol. The van der Waals surface area contributed by atoms with Gasteiger partial charge in [0.05, 0.1) is 12.2 Å². The molecule has 1 N–H and O–H groups in total. The lowest BCUT2D eigenvalue weighted by molar-refractivity contribution is -0.131. The van der Waals surface area contributed by atoms with Crippen molar-refractivity contribution in [2.45, 2.75) is 71.2 Å². The average molecular weight is 267 g/mol. The van der Waals surface area contributed by atoms with Crippen LogP contribution >= 0.6 is 0 Å². The standard InChI is InChI=1S/C15H29N3O/c1-6-13-15(19)18(14(16-13)10(2)3)9-11(4)17(5)12-7-8-12/h10-14,16H,6-9H2,1-5H3. The van der Waals surface area contributed by atoms with E-state index in [4.69, 9.17) is 0 Å². The summed E-state index contributed by atoms with van der Waals surface area (Å²) in [6.45, 7) is 9.53. The highest BCUT2D eigenvalue weighted by molar-refractivity contribution is 5.84. The number of hydrogen-bond acceptors (Lipinski definition) is 3. The highest BCUT2D eigenvalue weighted by Crippen LogP contribution is 2.28. The number of rotatable bonds is 6. The Labute approximate surface area is 117 Å². The zero-order valence-corrected chi connectivity index (χ0v) is 13.0. The van der Waals surface area contributed by atoms with E-state index in [0.29, 0.717) is 12.0 Å². The SMILES string of the molecule is CCC1NC(C(C)C)N(CC(C)N(C)C2CC2)C1=O. The second-order valence-corrected chi connectivity index (χ2v) is 6.55. The second kappa shape index (κ2) is 5.80. The number of nitrogens with zero attached hydrogens (tertiary/aromatic N) is 2. The van der Waals surface area contributed by atoms with Crippen LogP contribution in [-0.4, -0.2) is 53.6 Å². The van der Waals surface area contributed by atoms with E-state index in [1.54, 1.807) is 0 Å². The molecule has 110 valence electrons. The van der Waals surface area contributed by atoms with Gasteiger partial charge in [0.2, 0.25) is 5.91 Å². The molecule has 0 spiro atoms. The lowest BCUT2D eigenvalue weighted by atomic mass is 10.1. The van der Waals surface area contributed by atoms with E-state index in [1.807, 2.05) is 0 Å². The number of nitrogens with one attached hydrogen (secondary N) is 1. The zero-order chi connectivity index (χ0) is 14.2. The van der Waals surface area contributed by atoms with Crippen LogP contribution in [0.1, 0.15) is 47.0 Å². The van der Waals surface area contributed by atoms with E-state index in [2.05, 4.69) is 49.9 Å². The predicted molar refractivity (Wildman–Crippen MR) is 77.8 cm³/mol. The third-order valence-corrected chi connectivity index (χ3v) is 4.61. The first-order chi connectivity index (χ1) is 8.95. The third kappa shape index (κ3) is 3.11. The highest BCUT2D eigenvalue weighted by atomic mass is 16.2. The maximum absolute atomic E-state index is 12.4. The highest BCUT2D eigenvalue weighted by Gasteiger charge is 2.40. The van der Waals surface area contributed by atoms with Crippen LogP contribution in [0, 0.1) is 5.92 Å². The van der Waals surface area contributed by atoms with Gasteiger partial charge in [-0.05, 0) is 39.2 Å². The van der Waals surface area contributed by atoms with Crippen LogP contribution in [0.15, 0.2) is 0 Å². The lowest BCUT2D eigenvalue weighted by Crippen LogP contribution is -2.48. The summed E-state index contributed by atoms with van der Waals surface area (Å²) in [6, 6.07) is 1.21. The topological polar surface area (TPSA) is 35.6 Å². The molecule has 0 radical (unpaired) electrons. The molecular weight excluding hydrogens is 238 g/mol. The molecule has 2 rings (SSSR count). The molecule has 0 aromatic heterocycles. The molecule has 1 heterocycles. The van der Waals surface area contributed by atoms with Gasteiger partial charge >= 0.3 is 0 Å². The minimum absolute atomic E-state index is 0.0193. The first-order valence-electron chi connectivity index (χ1n) is 7.74. The Morgan fingerprint density at radius 2 is 2.00 bits per heavy atom. The number of carbonyl (C=O) groups is 1. The normalized spacial score (nSPS) is 29.6. The fourth-order valence-corrected chi connectivity index (χ4v) is 3.01. The molecule has 4 heteroatoms. The van der Waals surface area contributed by atoms with Crippen LogP contribution in [0.4, 0.5) is 0 Å². The summed E-state index contributed by atoms with van der Waals surface area (Å²) in [7, 11) is 2.19. The van der Waals surface area contributed by atoms with Gasteiger partial charge in [-0.2, -0.15) is 0 Å². The quantitative estimate of drug-likeness (QED) is 0.795. The van der Waals surface area contributed by atoms with Crippen LogP contribution < -0.4 is 5.32 Å². The van der Waals surface area contributed by atoms with Crippen LogP contribution in [0.3, 0.4) is 0 Å². The van der Waals surface area contributed by atoms with E-state index < -0.39 is 0 Å². The van der Waals surface area contributed by atoms with Crippen molar-refractivity contribution in [3.8, 4) is 0 Å². The molecular formula is C15H29N3O. The lowest BCUT2D eigenvalue weighted by Gasteiger charge is -2.33. The van der Waals surface area contributed by atoms with Crippen molar-refractivity contribution in [3.05, 3.63) is 0 Å². The molecule has 1 saturated carbocycles. The van der Waals surface area contributed by atoms with Gasteiger partial charge in [0.1, 0.15) is 0 Å². The summed E-state index contributed by atoms with van der Waals surface area (Å²) in [6.07, 6.45) is 3.72. The molecule has 2 aliphatic rings. The minimum atomic E-state index is 0.0193. The van der Waals surface area contributed by atoms with Gasteiger partial charge in [0, 0.05) is 18.6 Å². The molecule has 0 aromatic rings. The van der Waals surface area contributed by atoms with Crippen molar-refractivity contribution < 1.29 is 4.79 Å². The van der Waals surface area contributed by atoms with Gasteiger partial charge in [-0.25, -0.2) is 0 Å². The molecule has 2 fully saturated rings. The molecule has 1 amide bonds. The Balaban J connectivity index is 2.00. The van der Waals surface area contributed by atoms with Gasteiger partial charge in [-0.3, -0.25) is 15.0 Å². The molecule has 1 saturated heterocycles. The molecule has 1 aliphatic heterocycles. The molecule has 3 unspecified atom stereocenters. The van der Waals surface area contributed by atoms with Crippen LogP contribution in [0.2, 0.25) is 0 Å². The van der Waals surface area contributed by atoms with Crippen molar-refractivity contribution in [2.75, 3.05) is 13.6 Å². The first-order valence-corrected chi connectivity index (χ1v) is 7.74. The van der Waals surface area contributed by atoms with E-state index in [-0.39, 0.29) is 18.1 Å². The number of hydrogen-bond donors (Lipinski definition) is 1. The molecule has 1 aliphatic carbocycles. The van der Waals surface area contributed by atoms with Crippen molar-refractivity contribution in [2.24, 2.45) is 5.92 Å². The third-order valence-electron chi connectivity index (χ3n) is 4.61. The Morgan fingerprint density at radius 3 is 2.47 bits per heavy atom. The summed E-state index contributed by atoms with van der Waals surface area (Å²) in [5, 5.41) is 3.49. The Kier molecular flexibility index (Phi) is 4.51. The van der Waals surface area contributed by atoms with E-state index in [1.165, 1.54) is 12.8 Å². The second-order valence-electron chi connectivity index (χ2n) is 6.55. The largest absolute Gasteiger partial charge is 0.324 e. The molecule has 0 aromatic carbocycles. The number of amides is 1. The molecule has 19 heavy (non-hydrogen) atoms. The smallest absolute Gasteiger partial charge is 0.241 e. The van der Waals surface area contributed by atoms with Gasteiger partial charge < -0.3 is 4.90 Å². The summed E-state index contributed by atoms with van der Waals surface area (Å²) in [5.74, 6) is 0.746. The molecule has 3 atom stereocenters. The van der Waals surface area contributed by atoms with Crippen molar-refractivity contribution in [1.29, 1.82) is 0 Å². The van der Waals surface area contributed by atoms with Crippen molar-refractivity contribution in [3.63, 3.8) is 0 Å². The van der Waals surface area contributed by atoms with Gasteiger partial charge in [-0.1, -0.05) is 20.8 Å². The maximum atomic E-state index is 12.4. The first kappa shape index (κ1) is 14.8. The van der Waals surface area contributed by atoms with Crippen LogP contribution in [-0.2, 0) is 4.79 Å². The summed E-state index contributed by atoms with van der Waals surface area (Å²) >= 11 is 0. The van der Waals surface area contributed by atoms with E-state index in [0.717, 1.165) is 19.0 Å². The van der Waals surface area contributed by atoms with Gasteiger partial charge in [0.15, 0.2) is 0 Å². The zero-order valence-electron chi connectivity index (χ0n) is 13.0. The van der Waals surface area contributed by atoms with Crippen LogP contribution in [0.25, 0.3) is 0 Å². The van der Waals surface area contributed by atoms with E-state index >= 15 is 0 Å². The fourth-order valence-electron chi connectivity index (χ4n) is 3.01. The van der Waals surface area contributed by atoms with Crippen LogP contribution in [0.5, 0.6) is 0 Å². The minimum Gasteiger partial charge on any atom is -0.324 e. The van der Waals surface area contributed by atoms with Gasteiger partial charge in [0.25, 0.3) is 0 Å². The Morgan fingerprint density at radius 1 is 1.37 bits per heavy atom. The fraction of sp³-hybridized carbons (Fsp3) is 0.933. The van der Waals surface area contributed by atoms with Crippen molar-refractivity contribution >= 4 is 5.91 Å². The summed E-state index contributed by atoms with van der Waals surface area (Å²) < 4.78 is 0.